The lowest BCUT2D eigenvalue weighted by molar-refractivity contribution is -0.139. The Labute approximate surface area is 172 Å². The molecular weight excluding hydrogens is 405 g/mol. The molecule has 1 atom stereocenters. The number of carbonyl (C=O) groups is 2. The van der Waals surface area contributed by atoms with Crippen LogP contribution in [0.4, 0.5) is 0 Å². The van der Waals surface area contributed by atoms with E-state index >= 15 is 0 Å². The average Bonchev–Trinajstić information content (AvgIpc) is 2.66. The Morgan fingerprint density at radius 2 is 1.75 bits per heavy atom. The number of carboxylic acids is 1. The lowest BCUT2D eigenvalue weighted by Crippen LogP contribution is -2.40. The second-order valence-corrected chi connectivity index (χ2v) is 6.38. The number of amides is 1. The maximum atomic E-state index is 12.3. The number of aliphatic hydroxyl groups excluding tert-OH is 1. The van der Waals surface area contributed by atoms with Crippen LogP contribution in [0.5, 0.6) is 5.75 Å². The molecule has 1 amide bonds. The molecule has 8 heteroatoms. The molecule has 0 aliphatic heterocycles. The molecule has 0 saturated heterocycles. The van der Waals surface area contributed by atoms with Gasteiger partial charge in [-0.25, -0.2) is 4.79 Å². The third-order valence-corrected chi connectivity index (χ3v) is 4.18. The zero-order valence-corrected chi connectivity index (χ0v) is 16.1. The van der Waals surface area contributed by atoms with Gasteiger partial charge in [0.05, 0.1) is 22.2 Å². The van der Waals surface area contributed by atoms with Crippen LogP contribution >= 0.6 is 23.2 Å². The van der Waals surface area contributed by atoms with Crippen molar-refractivity contribution in [1.82, 2.24) is 5.32 Å². The summed E-state index contributed by atoms with van der Waals surface area (Å²) in [6.45, 7) is 0.115. The van der Waals surface area contributed by atoms with Crippen LogP contribution < -0.4 is 10.1 Å². The van der Waals surface area contributed by atoms with Crippen LogP contribution in [-0.2, 0) is 4.79 Å². The standard InChI is InChI=1S/C20H17Cl2NO5/c21-15-4-2-5-16(22)18(15)19(25)23-17(20(26)27)6-1-3-13-7-9-14(10-8-13)28-12-11-24/h2,4-5,7-10,17,24H,6,11-12H2,(H,23,25)(H,26,27). The lowest BCUT2D eigenvalue weighted by Gasteiger charge is -2.13. The van der Waals surface area contributed by atoms with Crippen LogP contribution in [0.15, 0.2) is 42.5 Å². The fourth-order valence-electron chi connectivity index (χ4n) is 2.20. The third kappa shape index (κ3) is 6.17. The SMILES string of the molecule is O=C(NC(CC#Cc1ccc(OCCO)cc1)C(=O)O)c1c(Cl)cccc1Cl. The van der Waals surface area contributed by atoms with Crippen LogP contribution in [0.1, 0.15) is 22.3 Å². The summed E-state index contributed by atoms with van der Waals surface area (Å²) in [5.41, 5.74) is 0.671. The number of ether oxygens (including phenoxy) is 1. The summed E-state index contributed by atoms with van der Waals surface area (Å²) in [6.07, 6.45) is -0.105. The van der Waals surface area contributed by atoms with Crippen molar-refractivity contribution in [3.8, 4) is 17.6 Å². The quantitative estimate of drug-likeness (QED) is 0.597. The summed E-state index contributed by atoms with van der Waals surface area (Å²) in [4.78, 5) is 23.8. The molecule has 0 saturated carbocycles. The Morgan fingerprint density at radius 3 is 2.32 bits per heavy atom. The van der Waals surface area contributed by atoms with Crippen LogP contribution in [0.3, 0.4) is 0 Å². The molecule has 2 aromatic rings. The van der Waals surface area contributed by atoms with Gasteiger partial charge in [0.25, 0.3) is 5.91 Å². The number of aliphatic hydroxyl groups is 1. The normalized spacial score (nSPS) is 11.1. The van der Waals surface area contributed by atoms with Gasteiger partial charge in [-0.1, -0.05) is 41.1 Å². The predicted molar refractivity (Wildman–Crippen MR) is 106 cm³/mol. The van der Waals surface area contributed by atoms with Crippen LogP contribution in [0, 0.1) is 11.8 Å². The first-order chi connectivity index (χ1) is 13.4. The highest BCUT2D eigenvalue weighted by Crippen LogP contribution is 2.24. The maximum Gasteiger partial charge on any atom is 0.327 e. The minimum Gasteiger partial charge on any atom is -0.491 e. The Hall–Kier alpha value is -2.72. The van der Waals surface area contributed by atoms with E-state index in [0.29, 0.717) is 11.3 Å². The smallest absolute Gasteiger partial charge is 0.327 e. The average molecular weight is 422 g/mol. The van der Waals surface area contributed by atoms with Crippen molar-refractivity contribution < 1.29 is 24.5 Å². The molecule has 1 unspecified atom stereocenters. The zero-order valence-electron chi connectivity index (χ0n) is 14.6. The summed E-state index contributed by atoms with van der Waals surface area (Å²) < 4.78 is 5.24. The first-order valence-electron chi connectivity index (χ1n) is 8.22. The van der Waals surface area contributed by atoms with Gasteiger partial charge in [0.15, 0.2) is 0 Å². The van der Waals surface area contributed by atoms with E-state index in [2.05, 4.69) is 17.2 Å². The molecule has 3 N–H and O–H groups in total. The molecule has 0 fully saturated rings. The Morgan fingerprint density at radius 1 is 1.11 bits per heavy atom. The Kier molecular flexibility index (Phi) is 8.15. The molecule has 2 rings (SSSR count). The van der Waals surface area contributed by atoms with Crippen molar-refractivity contribution in [3.05, 3.63) is 63.6 Å². The minimum atomic E-state index is -1.22. The van der Waals surface area contributed by atoms with E-state index in [-0.39, 0.29) is 35.2 Å². The highest BCUT2D eigenvalue weighted by molar-refractivity contribution is 6.39. The van der Waals surface area contributed by atoms with Crippen LogP contribution in [0.25, 0.3) is 0 Å². The topological polar surface area (TPSA) is 95.9 Å². The number of halogens is 2. The number of hydrogen-bond acceptors (Lipinski definition) is 4. The van der Waals surface area contributed by atoms with Crippen molar-refractivity contribution in [2.24, 2.45) is 0 Å². The van der Waals surface area contributed by atoms with Crippen molar-refractivity contribution in [2.75, 3.05) is 13.2 Å². The molecule has 0 radical (unpaired) electrons. The summed E-state index contributed by atoms with van der Waals surface area (Å²) >= 11 is 11.9. The summed E-state index contributed by atoms with van der Waals surface area (Å²) in [7, 11) is 0. The van der Waals surface area contributed by atoms with E-state index in [4.69, 9.17) is 33.0 Å². The van der Waals surface area contributed by atoms with Gasteiger partial charge >= 0.3 is 5.97 Å². The van der Waals surface area contributed by atoms with E-state index in [9.17, 15) is 14.7 Å². The Bertz CT molecular complexity index is 883. The van der Waals surface area contributed by atoms with Gasteiger partial charge in [-0.3, -0.25) is 4.79 Å². The molecule has 146 valence electrons. The number of aliphatic carboxylic acids is 1. The molecule has 6 nitrogen and oxygen atoms in total. The number of carbonyl (C=O) groups excluding carboxylic acids is 1. The van der Waals surface area contributed by atoms with E-state index < -0.39 is 17.9 Å². The second-order valence-electron chi connectivity index (χ2n) is 5.56. The molecule has 0 aliphatic rings. The third-order valence-electron chi connectivity index (χ3n) is 3.55. The highest BCUT2D eigenvalue weighted by Gasteiger charge is 2.22. The molecule has 0 aliphatic carbocycles. The fraction of sp³-hybridized carbons (Fsp3) is 0.200. The Balaban J connectivity index is 2.03. The van der Waals surface area contributed by atoms with E-state index in [1.807, 2.05) is 0 Å². The summed E-state index contributed by atoms with van der Waals surface area (Å²) in [6, 6.07) is 10.1. The first-order valence-corrected chi connectivity index (χ1v) is 8.98. The van der Waals surface area contributed by atoms with Gasteiger partial charge in [-0.05, 0) is 36.4 Å². The van der Waals surface area contributed by atoms with Crippen LogP contribution in [0.2, 0.25) is 10.0 Å². The van der Waals surface area contributed by atoms with Gasteiger partial charge in [0, 0.05) is 12.0 Å². The lowest BCUT2D eigenvalue weighted by atomic mass is 10.1. The van der Waals surface area contributed by atoms with Crippen molar-refractivity contribution in [2.45, 2.75) is 12.5 Å². The molecule has 0 bridgehead atoms. The van der Waals surface area contributed by atoms with Crippen LogP contribution in [-0.4, -0.2) is 41.3 Å². The number of nitrogens with one attached hydrogen (secondary N) is 1. The largest absolute Gasteiger partial charge is 0.491 e. The maximum absolute atomic E-state index is 12.3. The van der Waals surface area contributed by atoms with Gasteiger partial charge in [-0.2, -0.15) is 0 Å². The molecule has 2 aromatic carbocycles. The molecule has 0 heterocycles. The molecule has 0 aromatic heterocycles. The number of rotatable bonds is 7. The molecule has 28 heavy (non-hydrogen) atoms. The monoisotopic (exact) mass is 421 g/mol. The van der Waals surface area contributed by atoms with Crippen molar-refractivity contribution >= 4 is 35.1 Å². The zero-order chi connectivity index (χ0) is 20.5. The first kappa shape index (κ1) is 21.6. The number of hydrogen-bond donors (Lipinski definition) is 3. The van der Waals surface area contributed by atoms with Gasteiger partial charge in [0.1, 0.15) is 18.4 Å². The fourth-order valence-corrected chi connectivity index (χ4v) is 2.77. The summed E-state index contributed by atoms with van der Waals surface area (Å²) in [5, 5.41) is 20.7. The van der Waals surface area contributed by atoms with Crippen molar-refractivity contribution in [1.29, 1.82) is 0 Å². The minimum absolute atomic E-state index is 0.0171. The van der Waals surface area contributed by atoms with E-state index in [1.165, 1.54) is 12.1 Å². The van der Waals surface area contributed by atoms with Gasteiger partial charge < -0.3 is 20.3 Å². The number of benzene rings is 2. The molecular formula is C20H17Cl2NO5. The van der Waals surface area contributed by atoms with Crippen molar-refractivity contribution in [3.63, 3.8) is 0 Å². The molecule has 0 spiro atoms. The van der Waals surface area contributed by atoms with Gasteiger partial charge in [0.2, 0.25) is 0 Å². The number of carboxylic acid groups (broad SMARTS) is 1. The predicted octanol–water partition coefficient (Wildman–Crippen LogP) is 2.99. The van der Waals surface area contributed by atoms with E-state index in [1.54, 1.807) is 30.3 Å². The summed E-state index contributed by atoms with van der Waals surface area (Å²) in [5.74, 6) is 4.25. The van der Waals surface area contributed by atoms with Gasteiger partial charge in [-0.15, -0.1) is 0 Å². The second kappa shape index (κ2) is 10.6. The van der Waals surface area contributed by atoms with E-state index in [0.717, 1.165) is 0 Å². The highest BCUT2D eigenvalue weighted by atomic mass is 35.5.